The monoisotopic (exact) mass is 337 g/mol. The molecule has 0 aromatic heterocycles. The van der Waals surface area contributed by atoms with Gasteiger partial charge in [0, 0.05) is 6.54 Å². The predicted octanol–water partition coefficient (Wildman–Crippen LogP) is 2.93. The van der Waals surface area contributed by atoms with Crippen molar-refractivity contribution >= 4 is 11.9 Å². The smallest absolute Gasteiger partial charge is 0.319 e. The lowest BCUT2D eigenvalue weighted by Gasteiger charge is -2.27. The highest BCUT2D eigenvalue weighted by Gasteiger charge is 2.51. The second-order valence-electron chi connectivity index (χ2n) is 6.43. The summed E-state index contributed by atoms with van der Waals surface area (Å²) in [6, 6.07) is 19.1. The third-order valence-corrected chi connectivity index (χ3v) is 4.65. The van der Waals surface area contributed by atoms with Crippen LogP contribution in [0, 0.1) is 0 Å². The van der Waals surface area contributed by atoms with Crippen LogP contribution in [0.15, 0.2) is 60.7 Å². The van der Waals surface area contributed by atoms with Crippen LogP contribution >= 0.6 is 0 Å². The van der Waals surface area contributed by atoms with Gasteiger partial charge in [0.1, 0.15) is 5.54 Å². The molecule has 0 unspecified atom stereocenters. The van der Waals surface area contributed by atoms with Gasteiger partial charge in [0.15, 0.2) is 0 Å². The second-order valence-corrected chi connectivity index (χ2v) is 6.43. The molecule has 5 heteroatoms. The van der Waals surface area contributed by atoms with E-state index in [1.165, 1.54) is 4.90 Å². The number of hydrogen-bond donors (Lipinski definition) is 1. The van der Waals surface area contributed by atoms with Gasteiger partial charge in [0.25, 0.3) is 5.91 Å². The summed E-state index contributed by atoms with van der Waals surface area (Å²) in [5, 5.41) is 2.91. The summed E-state index contributed by atoms with van der Waals surface area (Å²) in [6.45, 7) is 2.85. The number of urea groups is 1. The fourth-order valence-electron chi connectivity index (χ4n) is 3.30. The molecule has 1 fully saturated rings. The highest BCUT2D eigenvalue weighted by molar-refractivity contribution is 6.07. The van der Waals surface area contributed by atoms with Gasteiger partial charge in [0.05, 0.1) is 6.67 Å². The van der Waals surface area contributed by atoms with Gasteiger partial charge in [-0.1, -0.05) is 67.6 Å². The molecule has 1 aliphatic heterocycles. The minimum absolute atomic E-state index is 0.189. The third-order valence-electron chi connectivity index (χ3n) is 4.65. The van der Waals surface area contributed by atoms with E-state index >= 15 is 0 Å². The van der Waals surface area contributed by atoms with Crippen LogP contribution in [0.4, 0.5) is 4.79 Å². The van der Waals surface area contributed by atoms with Gasteiger partial charge < -0.3 is 5.32 Å². The number of imide groups is 1. The first kappa shape index (κ1) is 17.2. The number of carbonyl (C=O) groups excluding carboxylic acids is 2. The number of amides is 3. The Morgan fingerprint density at radius 2 is 1.60 bits per heavy atom. The Morgan fingerprint density at radius 1 is 1.00 bits per heavy atom. The van der Waals surface area contributed by atoms with Crippen LogP contribution in [0.1, 0.15) is 24.5 Å². The molecular weight excluding hydrogens is 314 g/mol. The second kappa shape index (κ2) is 7.07. The van der Waals surface area contributed by atoms with E-state index in [-0.39, 0.29) is 18.6 Å². The molecule has 3 rings (SSSR count). The van der Waals surface area contributed by atoms with Gasteiger partial charge in [-0.05, 0) is 24.6 Å². The van der Waals surface area contributed by atoms with Gasteiger partial charge in [-0.15, -0.1) is 0 Å². The molecular formula is C20H23N3O2. The first-order valence-electron chi connectivity index (χ1n) is 8.49. The van der Waals surface area contributed by atoms with E-state index < -0.39 is 5.54 Å². The highest BCUT2D eigenvalue weighted by atomic mass is 16.2. The largest absolute Gasteiger partial charge is 0.326 e. The maximum Gasteiger partial charge on any atom is 0.326 e. The van der Waals surface area contributed by atoms with E-state index in [0.29, 0.717) is 13.0 Å². The Hall–Kier alpha value is -2.66. The van der Waals surface area contributed by atoms with Crippen molar-refractivity contribution in [1.82, 2.24) is 15.1 Å². The van der Waals surface area contributed by atoms with Crippen molar-refractivity contribution in [3.63, 3.8) is 0 Å². The standard InChI is InChI=1S/C20H23N3O2/c1-3-20(17-12-8-5-9-13-17)18(24)23(19(25)21-20)15-22(2)14-16-10-6-4-7-11-16/h4-13H,3,14-15H2,1-2H3,(H,21,25)/t20-/m0/s1. The van der Waals surface area contributed by atoms with E-state index in [9.17, 15) is 9.59 Å². The van der Waals surface area contributed by atoms with Gasteiger partial charge >= 0.3 is 6.03 Å². The first-order chi connectivity index (χ1) is 12.1. The van der Waals surface area contributed by atoms with Crippen molar-refractivity contribution in [3.05, 3.63) is 71.8 Å². The fourth-order valence-corrected chi connectivity index (χ4v) is 3.30. The van der Waals surface area contributed by atoms with Crippen molar-refractivity contribution in [3.8, 4) is 0 Å². The maximum absolute atomic E-state index is 13.1. The predicted molar refractivity (Wildman–Crippen MR) is 96.6 cm³/mol. The molecule has 0 spiro atoms. The van der Waals surface area contributed by atoms with Crippen molar-refractivity contribution in [2.45, 2.75) is 25.4 Å². The number of carbonyl (C=O) groups is 2. The molecule has 0 saturated carbocycles. The highest BCUT2D eigenvalue weighted by Crippen LogP contribution is 2.32. The van der Waals surface area contributed by atoms with Crippen molar-refractivity contribution in [2.75, 3.05) is 13.7 Å². The number of hydrogen-bond acceptors (Lipinski definition) is 3. The van der Waals surface area contributed by atoms with Crippen LogP contribution in [-0.2, 0) is 16.9 Å². The summed E-state index contributed by atoms with van der Waals surface area (Å²) >= 11 is 0. The van der Waals surface area contributed by atoms with E-state index in [0.717, 1.165) is 11.1 Å². The molecule has 1 N–H and O–H groups in total. The Bertz CT molecular complexity index is 748. The average Bonchev–Trinajstić information content (AvgIpc) is 2.88. The number of benzene rings is 2. The van der Waals surface area contributed by atoms with Crippen LogP contribution in [-0.4, -0.2) is 35.5 Å². The van der Waals surface area contributed by atoms with E-state index in [4.69, 9.17) is 0 Å². The number of rotatable bonds is 6. The van der Waals surface area contributed by atoms with Crippen LogP contribution in [0.25, 0.3) is 0 Å². The minimum atomic E-state index is -0.966. The Kier molecular flexibility index (Phi) is 4.86. The van der Waals surface area contributed by atoms with E-state index in [1.54, 1.807) is 0 Å². The third kappa shape index (κ3) is 3.28. The molecule has 2 aromatic carbocycles. The van der Waals surface area contributed by atoms with Gasteiger partial charge in [-0.2, -0.15) is 0 Å². The van der Waals surface area contributed by atoms with Crippen LogP contribution < -0.4 is 5.32 Å². The lowest BCUT2D eigenvalue weighted by Crippen LogP contribution is -2.44. The molecule has 1 heterocycles. The van der Waals surface area contributed by atoms with Gasteiger partial charge in [0.2, 0.25) is 0 Å². The maximum atomic E-state index is 13.1. The summed E-state index contributed by atoms with van der Waals surface area (Å²) in [6.07, 6.45) is 0.514. The Balaban J connectivity index is 1.77. The normalized spacial score (nSPS) is 20.2. The van der Waals surface area contributed by atoms with E-state index in [1.807, 2.05) is 79.5 Å². The number of nitrogens with zero attached hydrogens (tertiary/aromatic N) is 2. The molecule has 0 bridgehead atoms. The quantitative estimate of drug-likeness (QED) is 0.825. The molecule has 3 amide bonds. The molecule has 25 heavy (non-hydrogen) atoms. The summed E-state index contributed by atoms with van der Waals surface area (Å²) in [4.78, 5) is 28.8. The number of nitrogens with one attached hydrogen (secondary N) is 1. The lowest BCUT2D eigenvalue weighted by atomic mass is 9.87. The molecule has 0 radical (unpaired) electrons. The summed E-state index contributed by atoms with van der Waals surface area (Å²) in [5.74, 6) is -0.189. The molecule has 1 aliphatic rings. The lowest BCUT2D eigenvalue weighted by molar-refractivity contribution is -0.133. The van der Waals surface area contributed by atoms with Gasteiger partial charge in [-0.3, -0.25) is 9.69 Å². The fraction of sp³-hybridized carbons (Fsp3) is 0.300. The van der Waals surface area contributed by atoms with Crippen LogP contribution in [0.3, 0.4) is 0 Å². The summed E-state index contributed by atoms with van der Waals surface area (Å²) in [5.41, 5.74) is 0.997. The van der Waals surface area contributed by atoms with Crippen molar-refractivity contribution < 1.29 is 9.59 Å². The minimum Gasteiger partial charge on any atom is -0.319 e. The van der Waals surface area contributed by atoms with E-state index in [2.05, 4.69) is 5.32 Å². The zero-order valence-corrected chi connectivity index (χ0v) is 14.6. The summed E-state index contributed by atoms with van der Waals surface area (Å²) < 4.78 is 0. The zero-order chi connectivity index (χ0) is 17.9. The average molecular weight is 337 g/mol. The Labute approximate surface area is 148 Å². The Morgan fingerprint density at radius 3 is 2.20 bits per heavy atom. The van der Waals surface area contributed by atoms with Crippen LogP contribution in [0.2, 0.25) is 0 Å². The molecule has 2 aromatic rings. The van der Waals surface area contributed by atoms with Crippen LogP contribution in [0.5, 0.6) is 0 Å². The topological polar surface area (TPSA) is 52.7 Å². The zero-order valence-electron chi connectivity index (χ0n) is 14.6. The summed E-state index contributed by atoms with van der Waals surface area (Å²) in [7, 11) is 1.90. The molecule has 1 atom stereocenters. The molecule has 130 valence electrons. The first-order valence-corrected chi connectivity index (χ1v) is 8.49. The SMILES string of the molecule is CC[C@@]1(c2ccccc2)NC(=O)N(CN(C)Cc2ccccc2)C1=O. The molecule has 5 nitrogen and oxygen atoms in total. The van der Waals surface area contributed by atoms with Gasteiger partial charge in [-0.25, -0.2) is 9.69 Å². The van der Waals surface area contributed by atoms with Crippen molar-refractivity contribution in [1.29, 1.82) is 0 Å². The molecule has 1 saturated heterocycles. The molecule has 0 aliphatic carbocycles. The van der Waals surface area contributed by atoms with Crippen molar-refractivity contribution in [2.24, 2.45) is 0 Å².